The van der Waals surface area contributed by atoms with Crippen LogP contribution in [0.1, 0.15) is 0 Å². The molecule has 0 aliphatic heterocycles. The van der Waals surface area contributed by atoms with Gasteiger partial charge >= 0.3 is 25.6 Å². The van der Waals surface area contributed by atoms with Gasteiger partial charge in [-0.05, 0) is 0 Å². The third kappa shape index (κ3) is 18.7. The Balaban J connectivity index is 0. The van der Waals surface area contributed by atoms with Gasteiger partial charge in [0, 0.05) is 0 Å². The molecule has 0 bridgehead atoms. The first-order valence-corrected chi connectivity index (χ1v) is 6.15. The van der Waals surface area contributed by atoms with E-state index in [1.165, 1.54) is 0 Å². The number of hydrogen-bond acceptors (Lipinski definition) is 6. The average Bonchev–Trinajstić information content (AvgIpc) is 2.13. The van der Waals surface area contributed by atoms with Gasteiger partial charge in [-0.1, -0.05) is 5.11 Å². The number of urea groups is 1. The Bertz CT molecular complexity index is 377. The minimum atomic E-state index is -4.44. The molecule has 110 valence electrons. The molecule has 0 heterocycles. The number of nitrogens with one attached hydrogen (secondary N) is 1. The van der Waals surface area contributed by atoms with Crippen LogP contribution in [0, 0.1) is 5.53 Å². The van der Waals surface area contributed by atoms with Crippen LogP contribution in [0.15, 0.2) is 5.11 Å². The quantitative estimate of drug-likeness (QED) is 0.253. The number of aliphatic carboxylic acids is 2. The molecule has 13 heteroatoms. The summed E-state index contributed by atoms with van der Waals surface area (Å²) in [5.41, 5.74) is 10.1. The number of hydrogen-bond donors (Lipinski definition) is 6. The molecule has 7 N–H and O–H groups in total. The number of amides is 2. The van der Waals surface area contributed by atoms with E-state index in [0.29, 0.717) is 4.90 Å². The summed E-state index contributed by atoms with van der Waals surface area (Å²) >= 11 is 0. The Kier molecular flexibility index (Phi) is 9.32. The standard InChI is InChI=1S/C5H10NO7P.CH3N3O/c7-4(8)1-6(2-5(9)10)3-14(11,12)13;2-1(5)4-3/h1-3H2,(H,7,8)(H,9,10)(H2,11,12,13);3H,(H2,2,5). The maximum atomic E-state index is 10.5. The highest BCUT2D eigenvalue weighted by atomic mass is 31.2. The van der Waals surface area contributed by atoms with E-state index in [1.54, 1.807) is 0 Å². The summed E-state index contributed by atoms with van der Waals surface area (Å²) in [5, 5.41) is 18.9. The van der Waals surface area contributed by atoms with Crippen molar-refractivity contribution >= 4 is 25.6 Å². The lowest BCUT2D eigenvalue weighted by atomic mass is 10.5. The van der Waals surface area contributed by atoms with Gasteiger partial charge < -0.3 is 25.7 Å². The van der Waals surface area contributed by atoms with Gasteiger partial charge in [0.15, 0.2) is 0 Å². The van der Waals surface area contributed by atoms with Gasteiger partial charge in [0.25, 0.3) is 0 Å². The molecule has 0 spiro atoms. The highest BCUT2D eigenvalue weighted by molar-refractivity contribution is 7.51. The predicted molar refractivity (Wildman–Crippen MR) is 58.5 cm³/mol. The summed E-state index contributed by atoms with van der Waals surface area (Å²) in [6.45, 7) is -1.45. The zero-order valence-electron chi connectivity index (χ0n) is 9.46. The van der Waals surface area contributed by atoms with Crippen molar-refractivity contribution in [2.45, 2.75) is 0 Å². The number of nitrogens with two attached hydrogens (primary N) is 1. The zero-order valence-corrected chi connectivity index (χ0v) is 10.4. The van der Waals surface area contributed by atoms with E-state index in [4.69, 9.17) is 25.5 Å². The highest BCUT2D eigenvalue weighted by Gasteiger charge is 2.22. The van der Waals surface area contributed by atoms with Crippen molar-refractivity contribution in [2.24, 2.45) is 10.8 Å². The summed E-state index contributed by atoms with van der Waals surface area (Å²) in [6.07, 6.45) is -0.883. The molecule has 0 aromatic carbocycles. The van der Waals surface area contributed by atoms with Crippen LogP contribution < -0.4 is 5.73 Å². The molecule has 19 heavy (non-hydrogen) atoms. The molecule has 0 atom stereocenters. The first-order chi connectivity index (χ1) is 8.47. The fraction of sp³-hybridized carbons (Fsp3) is 0.500. The van der Waals surface area contributed by atoms with Gasteiger partial charge in [-0.15, -0.1) is 0 Å². The van der Waals surface area contributed by atoms with Gasteiger partial charge in [-0.3, -0.25) is 19.1 Å². The summed E-state index contributed by atoms with van der Waals surface area (Å²) in [6, 6.07) is -0.954. The molecule has 0 aromatic rings. The Hall–Kier alpha value is -1.88. The number of carboxylic acids is 2. The second-order valence-corrected chi connectivity index (χ2v) is 4.64. The minimum Gasteiger partial charge on any atom is -0.480 e. The fourth-order valence-electron chi connectivity index (χ4n) is 0.799. The van der Waals surface area contributed by atoms with Crippen LogP contribution in [-0.2, 0) is 14.2 Å². The largest absolute Gasteiger partial charge is 0.480 e. The molecule has 0 unspecified atom stereocenters. The maximum absolute atomic E-state index is 10.5. The molecular weight excluding hydrogens is 287 g/mol. The molecule has 0 aliphatic rings. The van der Waals surface area contributed by atoms with Crippen LogP contribution in [0.25, 0.3) is 0 Å². The lowest BCUT2D eigenvalue weighted by Crippen LogP contribution is -2.35. The summed E-state index contributed by atoms with van der Waals surface area (Å²) in [4.78, 5) is 47.3. The lowest BCUT2D eigenvalue weighted by molar-refractivity contribution is -0.141. The van der Waals surface area contributed by atoms with E-state index in [2.05, 4.69) is 10.8 Å². The number of carboxylic acid groups (broad SMARTS) is 2. The van der Waals surface area contributed by atoms with E-state index < -0.39 is 44.9 Å². The van der Waals surface area contributed by atoms with Gasteiger partial charge in [0.05, 0.1) is 13.1 Å². The molecule has 0 aromatic heterocycles. The van der Waals surface area contributed by atoms with Gasteiger partial charge in [-0.2, -0.15) is 5.53 Å². The second-order valence-electron chi connectivity index (χ2n) is 3.03. The van der Waals surface area contributed by atoms with E-state index >= 15 is 0 Å². The van der Waals surface area contributed by atoms with Crippen molar-refractivity contribution in [3.8, 4) is 0 Å². The Labute approximate surface area is 106 Å². The number of rotatable bonds is 6. The normalized spacial score (nSPS) is 10.3. The Morgan fingerprint density at radius 1 is 1.16 bits per heavy atom. The van der Waals surface area contributed by atoms with Gasteiger partial charge in [-0.25, -0.2) is 4.79 Å². The number of primary amides is 1. The average molecular weight is 300 g/mol. The van der Waals surface area contributed by atoms with E-state index in [-0.39, 0.29) is 0 Å². The predicted octanol–water partition coefficient (Wildman–Crippen LogP) is -1.31. The van der Waals surface area contributed by atoms with Crippen LogP contribution in [0.2, 0.25) is 0 Å². The molecule has 0 saturated heterocycles. The van der Waals surface area contributed by atoms with Gasteiger partial charge in [0.1, 0.15) is 6.29 Å². The zero-order chi connectivity index (χ0) is 15.6. The van der Waals surface area contributed by atoms with E-state index in [0.717, 1.165) is 0 Å². The highest BCUT2D eigenvalue weighted by Crippen LogP contribution is 2.34. The van der Waals surface area contributed by atoms with Crippen molar-refractivity contribution in [1.82, 2.24) is 4.90 Å². The smallest absolute Gasteiger partial charge is 0.356 e. The molecule has 0 radical (unpaired) electrons. The van der Waals surface area contributed by atoms with Crippen molar-refractivity contribution in [3.05, 3.63) is 0 Å². The summed E-state index contributed by atoms with van der Waals surface area (Å²) in [7, 11) is -4.44. The number of nitrogens with zero attached hydrogens (tertiary/aromatic N) is 2. The minimum absolute atomic E-state index is 0.644. The van der Waals surface area contributed by atoms with Crippen molar-refractivity contribution in [1.29, 1.82) is 5.53 Å². The van der Waals surface area contributed by atoms with Crippen molar-refractivity contribution < 1.29 is 38.9 Å². The molecule has 0 saturated carbocycles. The molecule has 0 aliphatic carbocycles. The second kappa shape index (κ2) is 9.10. The number of carbonyl (C=O) groups is 3. The third-order valence-corrected chi connectivity index (χ3v) is 1.98. The van der Waals surface area contributed by atoms with Crippen molar-refractivity contribution in [2.75, 3.05) is 19.4 Å². The molecular formula is C6H13N4O8P. The Morgan fingerprint density at radius 2 is 1.47 bits per heavy atom. The van der Waals surface area contributed by atoms with Crippen molar-refractivity contribution in [3.63, 3.8) is 0 Å². The first-order valence-electron chi connectivity index (χ1n) is 4.35. The summed E-state index contributed by atoms with van der Waals surface area (Å²) in [5.74, 6) is -2.70. The monoisotopic (exact) mass is 300 g/mol. The number of carbonyl (C=O) groups excluding carboxylic acids is 1. The van der Waals surface area contributed by atoms with Crippen LogP contribution in [0.5, 0.6) is 0 Å². The van der Waals surface area contributed by atoms with Gasteiger partial charge in [0.2, 0.25) is 0 Å². The van der Waals surface area contributed by atoms with Crippen LogP contribution in [0.4, 0.5) is 4.79 Å². The third-order valence-electron chi connectivity index (χ3n) is 1.21. The summed E-state index contributed by atoms with van der Waals surface area (Å²) < 4.78 is 10.5. The topological polar surface area (TPSA) is 215 Å². The van der Waals surface area contributed by atoms with E-state index in [9.17, 15) is 18.9 Å². The molecule has 0 rings (SSSR count). The fourth-order valence-corrected chi connectivity index (χ4v) is 1.52. The lowest BCUT2D eigenvalue weighted by Gasteiger charge is -2.17. The Morgan fingerprint density at radius 3 is 1.63 bits per heavy atom. The molecule has 0 fully saturated rings. The molecule has 12 nitrogen and oxygen atoms in total. The van der Waals surface area contributed by atoms with E-state index in [1.807, 2.05) is 0 Å². The molecule has 2 amide bonds. The maximum Gasteiger partial charge on any atom is 0.356 e. The first kappa shape index (κ1) is 19.5. The van der Waals surface area contributed by atoms with Crippen LogP contribution >= 0.6 is 7.60 Å². The SMILES string of the molecule is N=NC(N)=O.O=C(O)CN(CC(=O)O)CP(=O)(O)O. The van der Waals surface area contributed by atoms with Crippen LogP contribution in [0.3, 0.4) is 0 Å². The van der Waals surface area contributed by atoms with Crippen LogP contribution in [-0.4, -0.2) is 62.2 Å².